The number of hydrogen-bond donors (Lipinski definition) is 1. The standard InChI is InChI=1S/C13H19N5OS/c1-11(10-19-2)14-8-9-20-13-15-16-17-18(13)12-6-4-3-5-7-12/h3-7,11,14H,8-10H2,1-2H3. The van der Waals surface area contributed by atoms with E-state index < -0.39 is 0 Å². The first kappa shape index (κ1) is 15.0. The van der Waals surface area contributed by atoms with Crippen molar-refractivity contribution in [1.29, 1.82) is 0 Å². The van der Waals surface area contributed by atoms with Gasteiger partial charge in [0.15, 0.2) is 0 Å². The second-order valence-electron chi connectivity index (χ2n) is 4.37. The summed E-state index contributed by atoms with van der Waals surface area (Å²) in [7, 11) is 1.71. The third-order valence-corrected chi connectivity index (χ3v) is 3.61. The van der Waals surface area contributed by atoms with Crippen LogP contribution in [0.15, 0.2) is 35.5 Å². The predicted molar refractivity (Wildman–Crippen MR) is 79.2 cm³/mol. The Morgan fingerprint density at radius 1 is 1.35 bits per heavy atom. The molecular weight excluding hydrogens is 274 g/mol. The Labute approximate surface area is 122 Å². The summed E-state index contributed by atoms with van der Waals surface area (Å²) in [5.74, 6) is 0.904. The number of para-hydroxylation sites is 1. The minimum atomic E-state index is 0.353. The fraction of sp³-hybridized carbons (Fsp3) is 0.462. The van der Waals surface area contributed by atoms with Crippen molar-refractivity contribution < 1.29 is 4.74 Å². The Bertz CT molecular complexity index is 504. The number of tetrazole rings is 1. The minimum absolute atomic E-state index is 0.353. The van der Waals surface area contributed by atoms with Gasteiger partial charge in [0.25, 0.3) is 0 Å². The highest BCUT2D eigenvalue weighted by atomic mass is 32.2. The van der Waals surface area contributed by atoms with Crippen LogP contribution >= 0.6 is 11.8 Å². The number of benzene rings is 1. The lowest BCUT2D eigenvalue weighted by Crippen LogP contribution is -2.31. The molecule has 1 aromatic carbocycles. The van der Waals surface area contributed by atoms with Crippen LogP contribution in [0.1, 0.15) is 6.92 Å². The van der Waals surface area contributed by atoms with Crippen LogP contribution in [-0.2, 0) is 4.74 Å². The van der Waals surface area contributed by atoms with Gasteiger partial charge in [-0.15, -0.1) is 5.10 Å². The molecular formula is C13H19N5OS. The summed E-state index contributed by atoms with van der Waals surface area (Å²) in [6.07, 6.45) is 0. The smallest absolute Gasteiger partial charge is 0.214 e. The van der Waals surface area contributed by atoms with Crippen LogP contribution in [0.2, 0.25) is 0 Å². The maximum absolute atomic E-state index is 5.08. The molecule has 0 aliphatic heterocycles. The van der Waals surface area contributed by atoms with Gasteiger partial charge in [-0.1, -0.05) is 30.0 Å². The number of methoxy groups -OCH3 is 1. The van der Waals surface area contributed by atoms with E-state index in [9.17, 15) is 0 Å². The maximum Gasteiger partial charge on any atom is 0.214 e. The molecule has 2 rings (SSSR count). The quantitative estimate of drug-likeness (QED) is 0.586. The van der Waals surface area contributed by atoms with Crippen LogP contribution in [0.3, 0.4) is 0 Å². The summed E-state index contributed by atoms with van der Waals surface area (Å²) in [6, 6.07) is 10.2. The number of ether oxygens (including phenoxy) is 1. The SMILES string of the molecule is COCC(C)NCCSc1nnnn1-c1ccccc1. The molecule has 0 spiro atoms. The first-order valence-corrected chi connectivity index (χ1v) is 7.48. The molecule has 0 aliphatic rings. The zero-order chi connectivity index (χ0) is 14.2. The number of aromatic nitrogens is 4. The number of nitrogens with one attached hydrogen (secondary N) is 1. The third-order valence-electron chi connectivity index (χ3n) is 2.68. The van der Waals surface area contributed by atoms with Crippen molar-refractivity contribution in [3.05, 3.63) is 30.3 Å². The zero-order valence-corrected chi connectivity index (χ0v) is 12.5. The van der Waals surface area contributed by atoms with E-state index in [0.29, 0.717) is 12.6 Å². The van der Waals surface area contributed by atoms with Crippen molar-refractivity contribution in [2.75, 3.05) is 26.0 Å². The van der Waals surface area contributed by atoms with Gasteiger partial charge in [-0.25, -0.2) is 0 Å². The first-order chi connectivity index (χ1) is 9.81. The van der Waals surface area contributed by atoms with E-state index in [-0.39, 0.29) is 0 Å². The molecule has 2 aromatic rings. The number of nitrogens with zero attached hydrogens (tertiary/aromatic N) is 4. The van der Waals surface area contributed by atoms with Crippen molar-refractivity contribution in [2.45, 2.75) is 18.1 Å². The van der Waals surface area contributed by atoms with Crippen molar-refractivity contribution in [3.63, 3.8) is 0 Å². The van der Waals surface area contributed by atoms with Crippen molar-refractivity contribution in [2.24, 2.45) is 0 Å². The van der Waals surface area contributed by atoms with Gasteiger partial charge in [-0.2, -0.15) is 4.68 Å². The van der Waals surface area contributed by atoms with Gasteiger partial charge in [0.05, 0.1) is 12.3 Å². The molecule has 0 fully saturated rings. The van der Waals surface area contributed by atoms with Crippen LogP contribution in [0.4, 0.5) is 0 Å². The Morgan fingerprint density at radius 3 is 2.90 bits per heavy atom. The van der Waals surface area contributed by atoms with Crippen molar-refractivity contribution in [3.8, 4) is 5.69 Å². The second-order valence-corrected chi connectivity index (χ2v) is 5.43. The molecule has 1 unspecified atom stereocenters. The maximum atomic E-state index is 5.08. The fourth-order valence-corrected chi connectivity index (χ4v) is 2.52. The average molecular weight is 293 g/mol. The summed E-state index contributed by atoms with van der Waals surface area (Å²) in [5, 5.41) is 16.0. The molecule has 108 valence electrons. The van der Waals surface area contributed by atoms with Gasteiger partial charge < -0.3 is 10.1 Å². The number of thioether (sulfide) groups is 1. The molecule has 6 nitrogen and oxygen atoms in total. The lowest BCUT2D eigenvalue weighted by atomic mass is 10.3. The van der Waals surface area contributed by atoms with Crippen LogP contribution in [-0.4, -0.2) is 52.3 Å². The Kier molecular flexibility index (Phi) is 5.97. The zero-order valence-electron chi connectivity index (χ0n) is 11.7. The van der Waals surface area contributed by atoms with Gasteiger partial charge >= 0.3 is 0 Å². The summed E-state index contributed by atoms with van der Waals surface area (Å²) in [5.41, 5.74) is 0.973. The van der Waals surface area contributed by atoms with E-state index in [1.165, 1.54) is 0 Å². The molecule has 0 saturated carbocycles. The topological polar surface area (TPSA) is 64.9 Å². The number of rotatable bonds is 8. The molecule has 0 radical (unpaired) electrons. The highest BCUT2D eigenvalue weighted by Crippen LogP contribution is 2.17. The molecule has 0 amide bonds. The monoisotopic (exact) mass is 293 g/mol. The normalized spacial score (nSPS) is 12.5. The largest absolute Gasteiger partial charge is 0.383 e. The van der Waals surface area contributed by atoms with Crippen LogP contribution in [0, 0.1) is 0 Å². The van der Waals surface area contributed by atoms with E-state index in [1.807, 2.05) is 30.3 Å². The van der Waals surface area contributed by atoms with E-state index in [2.05, 4.69) is 27.8 Å². The molecule has 20 heavy (non-hydrogen) atoms. The summed E-state index contributed by atoms with van der Waals surface area (Å²) in [4.78, 5) is 0. The van der Waals surface area contributed by atoms with Crippen molar-refractivity contribution in [1.82, 2.24) is 25.5 Å². The fourth-order valence-electron chi connectivity index (χ4n) is 1.76. The molecule has 1 aromatic heterocycles. The number of hydrogen-bond acceptors (Lipinski definition) is 6. The highest BCUT2D eigenvalue weighted by molar-refractivity contribution is 7.99. The van der Waals surface area contributed by atoms with Gasteiger partial charge in [-0.3, -0.25) is 0 Å². The van der Waals surface area contributed by atoms with Gasteiger partial charge in [0, 0.05) is 25.4 Å². The third kappa shape index (κ3) is 4.29. The van der Waals surface area contributed by atoms with E-state index in [4.69, 9.17) is 4.74 Å². The van der Waals surface area contributed by atoms with Gasteiger partial charge in [0.2, 0.25) is 5.16 Å². The summed E-state index contributed by atoms with van der Waals surface area (Å²) < 4.78 is 6.83. The van der Waals surface area contributed by atoms with Crippen LogP contribution < -0.4 is 5.32 Å². The highest BCUT2D eigenvalue weighted by Gasteiger charge is 2.08. The van der Waals surface area contributed by atoms with Gasteiger partial charge in [-0.05, 0) is 29.5 Å². The molecule has 0 bridgehead atoms. The van der Waals surface area contributed by atoms with Crippen LogP contribution in [0.5, 0.6) is 0 Å². The lowest BCUT2D eigenvalue weighted by molar-refractivity contribution is 0.173. The summed E-state index contributed by atoms with van der Waals surface area (Å²) >= 11 is 1.63. The van der Waals surface area contributed by atoms with E-state index in [0.717, 1.165) is 23.1 Å². The average Bonchev–Trinajstić information content (AvgIpc) is 2.93. The second kappa shape index (κ2) is 7.98. The van der Waals surface area contributed by atoms with Gasteiger partial charge in [0.1, 0.15) is 0 Å². The molecule has 1 heterocycles. The lowest BCUT2D eigenvalue weighted by Gasteiger charge is -2.11. The Balaban J connectivity index is 1.84. The van der Waals surface area contributed by atoms with Crippen LogP contribution in [0.25, 0.3) is 5.69 Å². The minimum Gasteiger partial charge on any atom is -0.383 e. The molecule has 0 aliphatic carbocycles. The Hall–Kier alpha value is -1.44. The molecule has 7 heteroatoms. The Morgan fingerprint density at radius 2 is 2.15 bits per heavy atom. The first-order valence-electron chi connectivity index (χ1n) is 6.50. The summed E-state index contributed by atoms with van der Waals surface area (Å²) in [6.45, 7) is 3.70. The van der Waals surface area contributed by atoms with E-state index >= 15 is 0 Å². The van der Waals surface area contributed by atoms with E-state index in [1.54, 1.807) is 23.6 Å². The van der Waals surface area contributed by atoms with Crippen molar-refractivity contribution >= 4 is 11.8 Å². The molecule has 1 atom stereocenters. The molecule has 0 saturated heterocycles. The molecule has 1 N–H and O–H groups in total. The predicted octanol–water partition coefficient (Wildman–Crippen LogP) is 1.38.